The Labute approximate surface area is 261 Å². The zero-order valence-electron chi connectivity index (χ0n) is 26.1. The number of fused-ring (bicyclic) bond motifs is 1. The molecular weight excluding hydrogens is 583 g/mol. The first-order chi connectivity index (χ1) is 20.7. The maximum absolute atomic E-state index is 15.1. The molecule has 0 unspecified atom stereocenters. The Morgan fingerprint density at radius 3 is 2.48 bits per heavy atom. The molecule has 1 fully saturated rings. The number of phenolic OH excluding ortho intramolecular Hbond substituents is 1. The van der Waals surface area contributed by atoms with Crippen LogP contribution in [0.3, 0.4) is 0 Å². The van der Waals surface area contributed by atoms with Crippen molar-refractivity contribution in [2.24, 2.45) is 0 Å². The van der Waals surface area contributed by atoms with E-state index in [0.717, 1.165) is 11.1 Å². The Bertz CT molecular complexity index is 1790. The largest absolute Gasteiger partial charge is 0.507 e. The van der Waals surface area contributed by atoms with E-state index < -0.39 is 23.2 Å². The monoisotopic (exact) mass is 620 g/mol. The van der Waals surface area contributed by atoms with E-state index in [9.17, 15) is 14.7 Å². The number of carbonyl (C=O) groups excluding carboxylic acids is 1. The van der Waals surface area contributed by atoms with Crippen LogP contribution in [0.2, 0.25) is 5.02 Å². The summed E-state index contributed by atoms with van der Waals surface area (Å²) in [6, 6.07) is 13.1. The lowest BCUT2D eigenvalue weighted by atomic mass is 9.97. The fourth-order valence-electron chi connectivity index (χ4n) is 5.85. The van der Waals surface area contributed by atoms with Crippen molar-refractivity contribution in [3.05, 3.63) is 81.0 Å². The minimum Gasteiger partial charge on any atom is -0.507 e. The van der Waals surface area contributed by atoms with Crippen molar-refractivity contribution in [3.8, 4) is 22.6 Å². The Hall–Kier alpha value is -4.11. The molecule has 1 saturated heterocycles. The molecule has 2 heterocycles. The number of nitrogens with zero attached hydrogens (tertiary/aromatic N) is 4. The molecule has 1 amide bonds. The van der Waals surface area contributed by atoms with Gasteiger partial charge in [0.15, 0.2) is 0 Å². The van der Waals surface area contributed by atoms with Crippen LogP contribution in [0, 0.1) is 12.7 Å². The lowest BCUT2D eigenvalue weighted by Crippen LogP contribution is -2.55. The number of hydrogen-bond donors (Lipinski definition) is 1. The lowest BCUT2D eigenvalue weighted by molar-refractivity contribution is 0.0218. The molecule has 0 spiro atoms. The Morgan fingerprint density at radius 2 is 1.84 bits per heavy atom. The number of benzene rings is 3. The zero-order valence-corrected chi connectivity index (χ0v) is 26.9. The first-order valence-corrected chi connectivity index (χ1v) is 15.1. The highest BCUT2D eigenvalue weighted by atomic mass is 35.5. The number of anilines is 1. The SMILES string of the molecule is Cc1cccc(C(C)C)c1-n1c(=O)nc(N2CCN(C(=O)OC(C)(C)C)C[C@@H]2C)c2cc(Cl)c(-c3c(O)cccc3F)cc21. The summed E-state index contributed by atoms with van der Waals surface area (Å²) >= 11 is 6.83. The molecule has 8 nitrogen and oxygen atoms in total. The topological polar surface area (TPSA) is 87.9 Å². The van der Waals surface area contributed by atoms with Crippen molar-refractivity contribution < 1.29 is 19.0 Å². The van der Waals surface area contributed by atoms with Crippen LogP contribution in [-0.4, -0.2) is 56.9 Å². The molecule has 0 radical (unpaired) electrons. The molecular formula is C34H38ClFN4O4. The van der Waals surface area contributed by atoms with Crippen LogP contribution < -0.4 is 10.6 Å². The number of aryl methyl sites for hydroxylation is 1. The van der Waals surface area contributed by atoms with E-state index in [1.807, 2.05) is 57.7 Å². The Balaban J connectivity index is 1.74. The fourth-order valence-corrected chi connectivity index (χ4v) is 6.11. The predicted molar refractivity (Wildman–Crippen MR) is 173 cm³/mol. The van der Waals surface area contributed by atoms with Crippen molar-refractivity contribution in [3.63, 3.8) is 0 Å². The predicted octanol–water partition coefficient (Wildman–Crippen LogP) is 7.43. The number of aromatic nitrogens is 2. The van der Waals surface area contributed by atoms with E-state index in [2.05, 4.69) is 18.8 Å². The molecule has 10 heteroatoms. The van der Waals surface area contributed by atoms with Gasteiger partial charge in [-0.15, -0.1) is 0 Å². The molecule has 1 aromatic heterocycles. The van der Waals surface area contributed by atoms with Crippen LogP contribution in [-0.2, 0) is 4.74 Å². The van der Waals surface area contributed by atoms with Gasteiger partial charge in [-0.25, -0.2) is 14.0 Å². The second-order valence-electron chi connectivity index (χ2n) is 12.7. The number of ether oxygens (including phenoxy) is 1. The standard InChI is InChI=1S/C34H38ClFN4O4/c1-19(2)22-11-8-10-20(3)30(22)40-27-17-23(29-26(36)12-9-13-28(29)41)25(35)16-24(27)31(37-32(40)42)39-15-14-38(18-21(39)4)33(43)44-34(5,6)7/h8-13,16-17,19,21,41H,14-15,18H2,1-7H3/t21-/m0/s1. The first kappa shape index (κ1) is 31.3. The summed E-state index contributed by atoms with van der Waals surface area (Å²) in [6.45, 7) is 14.6. The van der Waals surface area contributed by atoms with Gasteiger partial charge in [-0.05, 0) is 75.9 Å². The van der Waals surface area contributed by atoms with Gasteiger partial charge in [-0.3, -0.25) is 4.57 Å². The number of hydrogen-bond acceptors (Lipinski definition) is 6. The summed E-state index contributed by atoms with van der Waals surface area (Å²) in [6.07, 6.45) is -0.393. The highest BCUT2D eigenvalue weighted by molar-refractivity contribution is 6.34. The number of phenols is 1. The van der Waals surface area contributed by atoms with Gasteiger partial charge in [-0.2, -0.15) is 4.98 Å². The Kier molecular flexibility index (Phi) is 8.37. The molecule has 5 rings (SSSR count). The molecule has 232 valence electrons. The average Bonchev–Trinajstić information content (AvgIpc) is 2.92. The summed E-state index contributed by atoms with van der Waals surface area (Å²) in [5, 5.41) is 11.4. The maximum atomic E-state index is 15.1. The first-order valence-electron chi connectivity index (χ1n) is 14.8. The molecule has 0 aliphatic carbocycles. The van der Waals surface area contributed by atoms with Crippen LogP contribution in [0.5, 0.6) is 5.75 Å². The van der Waals surface area contributed by atoms with E-state index in [4.69, 9.17) is 16.3 Å². The van der Waals surface area contributed by atoms with E-state index in [-0.39, 0.29) is 33.9 Å². The van der Waals surface area contributed by atoms with Crippen molar-refractivity contribution >= 4 is 34.4 Å². The van der Waals surface area contributed by atoms with Gasteiger partial charge < -0.3 is 19.6 Å². The molecule has 44 heavy (non-hydrogen) atoms. The summed E-state index contributed by atoms with van der Waals surface area (Å²) in [4.78, 5) is 35.2. The summed E-state index contributed by atoms with van der Waals surface area (Å²) in [5.41, 5.74) is 2.08. The molecule has 3 aromatic carbocycles. The third-order valence-corrected chi connectivity index (χ3v) is 8.20. The van der Waals surface area contributed by atoms with Crippen LogP contribution in [0.25, 0.3) is 27.7 Å². The van der Waals surface area contributed by atoms with Crippen molar-refractivity contribution in [2.45, 2.75) is 66.0 Å². The lowest BCUT2D eigenvalue weighted by Gasteiger charge is -2.41. The Morgan fingerprint density at radius 1 is 1.14 bits per heavy atom. The third-order valence-electron chi connectivity index (χ3n) is 7.89. The number of carbonyl (C=O) groups is 1. The second kappa shape index (κ2) is 11.8. The zero-order chi connectivity index (χ0) is 32.1. The van der Waals surface area contributed by atoms with Gasteiger partial charge in [-0.1, -0.05) is 49.7 Å². The fraction of sp³-hybridized carbons (Fsp3) is 0.382. The highest BCUT2D eigenvalue weighted by Gasteiger charge is 2.32. The van der Waals surface area contributed by atoms with Gasteiger partial charge in [0.05, 0.1) is 16.8 Å². The highest BCUT2D eigenvalue weighted by Crippen LogP contribution is 2.41. The van der Waals surface area contributed by atoms with Gasteiger partial charge in [0.25, 0.3) is 0 Å². The van der Waals surface area contributed by atoms with E-state index in [1.165, 1.54) is 18.2 Å². The number of piperazine rings is 1. The van der Waals surface area contributed by atoms with Crippen molar-refractivity contribution in [1.29, 1.82) is 0 Å². The van der Waals surface area contributed by atoms with Gasteiger partial charge in [0, 0.05) is 41.6 Å². The minimum atomic E-state index is -0.639. The van der Waals surface area contributed by atoms with E-state index >= 15 is 4.39 Å². The average molecular weight is 621 g/mol. The molecule has 1 aliphatic heterocycles. The minimum absolute atomic E-state index is 0.0510. The summed E-state index contributed by atoms with van der Waals surface area (Å²) < 4.78 is 22.3. The van der Waals surface area contributed by atoms with Gasteiger partial charge >= 0.3 is 11.8 Å². The molecule has 1 N–H and O–H groups in total. The molecule has 1 atom stereocenters. The second-order valence-corrected chi connectivity index (χ2v) is 13.1. The van der Waals surface area contributed by atoms with Gasteiger partial charge in [0.2, 0.25) is 0 Å². The smallest absolute Gasteiger partial charge is 0.410 e. The quantitative estimate of drug-likeness (QED) is 0.255. The molecule has 4 aromatic rings. The van der Waals surface area contributed by atoms with E-state index in [1.54, 1.807) is 21.6 Å². The number of amides is 1. The number of aromatic hydroxyl groups is 1. The molecule has 1 aliphatic rings. The third kappa shape index (κ3) is 5.85. The maximum Gasteiger partial charge on any atom is 0.410 e. The van der Waals surface area contributed by atoms with Crippen LogP contribution in [0.4, 0.5) is 15.0 Å². The van der Waals surface area contributed by atoms with Crippen LogP contribution >= 0.6 is 11.6 Å². The van der Waals surface area contributed by atoms with Crippen molar-refractivity contribution in [1.82, 2.24) is 14.5 Å². The summed E-state index contributed by atoms with van der Waals surface area (Å²) in [7, 11) is 0. The van der Waals surface area contributed by atoms with Crippen molar-refractivity contribution in [2.75, 3.05) is 24.5 Å². The number of para-hydroxylation sites is 1. The normalized spacial score (nSPS) is 15.7. The summed E-state index contributed by atoms with van der Waals surface area (Å²) in [5.74, 6) is -0.390. The molecule has 0 saturated carbocycles. The number of halogens is 2. The van der Waals surface area contributed by atoms with Gasteiger partial charge in [0.1, 0.15) is 23.0 Å². The number of rotatable bonds is 4. The van der Waals surface area contributed by atoms with Crippen LogP contribution in [0.1, 0.15) is 58.6 Å². The van der Waals surface area contributed by atoms with Crippen LogP contribution in [0.15, 0.2) is 53.3 Å². The molecule has 0 bridgehead atoms. The van der Waals surface area contributed by atoms with E-state index in [0.29, 0.717) is 42.0 Å².